The predicted molar refractivity (Wildman–Crippen MR) is 78.1 cm³/mol. The van der Waals surface area contributed by atoms with E-state index in [0.717, 1.165) is 13.1 Å². The van der Waals surface area contributed by atoms with Crippen LogP contribution in [0.3, 0.4) is 0 Å². The van der Waals surface area contributed by atoms with Crippen LogP contribution in [0.2, 0.25) is 0 Å². The first kappa shape index (κ1) is 13.5. The predicted octanol–water partition coefficient (Wildman–Crippen LogP) is 3.43. The Morgan fingerprint density at radius 3 is 1.72 bits per heavy atom. The quantitative estimate of drug-likeness (QED) is 0.796. The van der Waals surface area contributed by atoms with Gasteiger partial charge in [0.25, 0.3) is 0 Å². The van der Waals surface area contributed by atoms with Crippen LogP contribution in [0, 0.1) is 16.7 Å². The van der Waals surface area contributed by atoms with Crippen LogP contribution < -0.4 is 10.6 Å². The zero-order valence-corrected chi connectivity index (χ0v) is 12.6. The van der Waals surface area contributed by atoms with Gasteiger partial charge >= 0.3 is 0 Å². The minimum atomic E-state index is 0.302. The summed E-state index contributed by atoms with van der Waals surface area (Å²) >= 11 is 0. The lowest BCUT2D eigenvalue weighted by Gasteiger charge is -2.20. The third kappa shape index (κ3) is 2.90. The van der Waals surface area contributed by atoms with Gasteiger partial charge in [0.05, 0.1) is 0 Å². The molecule has 2 aliphatic heterocycles. The molecular formula is C16H28N2. The van der Waals surface area contributed by atoms with Crippen molar-refractivity contribution >= 4 is 0 Å². The summed E-state index contributed by atoms with van der Waals surface area (Å²) in [5.41, 5.74) is 3.46. The third-order valence-electron chi connectivity index (χ3n) is 3.92. The van der Waals surface area contributed by atoms with E-state index in [4.69, 9.17) is 0 Å². The highest BCUT2D eigenvalue weighted by Gasteiger charge is 2.32. The monoisotopic (exact) mass is 248 g/mol. The molecule has 0 aromatic carbocycles. The van der Waals surface area contributed by atoms with E-state index >= 15 is 0 Å². The van der Waals surface area contributed by atoms with E-state index < -0.39 is 0 Å². The first-order valence-corrected chi connectivity index (χ1v) is 7.26. The van der Waals surface area contributed by atoms with Crippen molar-refractivity contribution in [1.29, 1.82) is 0 Å². The van der Waals surface area contributed by atoms with Crippen LogP contribution in [-0.2, 0) is 0 Å². The molecule has 2 rings (SSSR count). The summed E-state index contributed by atoms with van der Waals surface area (Å²) in [6.07, 6.45) is 7.32. The summed E-state index contributed by atoms with van der Waals surface area (Å²) in [7, 11) is 0. The topological polar surface area (TPSA) is 24.1 Å². The highest BCUT2D eigenvalue weighted by atomic mass is 15.0. The molecule has 0 spiro atoms. The van der Waals surface area contributed by atoms with Gasteiger partial charge in [0.1, 0.15) is 0 Å². The molecule has 2 aliphatic rings. The van der Waals surface area contributed by atoms with Crippen LogP contribution in [0.15, 0.2) is 23.5 Å². The van der Waals surface area contributed by atoms with Gasteiger partial charge in [-0.2, -0.15) is 0 Å². The van der Waals surface area contributed by atoms with E-state index in [1.807, 2.05) is 0 Å². The van der Waals surface area contributed by atoms with Gasteiger partial charge in [0.15, 0.2) is 0 Å². The molecule has 0 bridgehead atoms. The summed E-state index contributed by atoms with van der Waals surface area (Å²) in [6, 6.07) is 0. The first-order chi connectivity index (χ1) is 8.33. The summed E-state index contributed by atoms with van der Waals surface area (Å²) in [4.78, 5) is 0. The number of nitrogens with one attached hydrogen (secondary N) is 2. The molecule has 0 amide bonds. The summed E-state index contributed by atoms with van der Waals surface area (Å²) < 4.78 is 0. The van der Waals surface area contributed by atoms with Gasteiger partial charge < -0.3 is 10.6 Å². The fourth-order valence-corrected chi connectivity index (χ4v) is 2.92. The SMILES string of the molecule is CCCC(C1=CC(C)(C)CN1)C1=CC(C)(C)CN1. The molecule has 0 unspecified atom stereocenters. The molecule has 0 aromatic heterocycles. The normalized spacial score (nSPS) is 24.6. The van der Waals surface area contributed by atoms with Gasteiger partial charge in [0.2, 0.25) is 0 Å². The Labute approximate surface area is 112 Å². The summed E-state index contributed by atoms with van der Waals surface area (Å²) in [6.45, 7) is 13.6. The summed E-state index contributed by atoms with van der Waals surface area (Å²) in [5.74, 6) is 0.540. The van der Waals surface area contributed by atoms with Crippen LogP contribution in [0.5, 0.6) is 0 Å². The molecule has 0 aromatic rings. The molecule has 0 atom stereocenters. The second kappa shape index (κ2) is 4.64. The molecule has 18 heavy (non-hydrogen) atoms. The smallest absolute Gasteiger partial charge is 0.0379 e. The van der Waals surface area contributed by atoms with E-state index in [1.54, 1.807) is 0 Å². The van der Waals surface area contributed by atoms with Crippen LogP contribution >= 0.6 is 0 Å². The maximum absolute atomic E-state index is 3.62. The lowest BCUT2D eigenvalue weighted by atomic mass is 9.89. The number of rotatable bonds is 4. The molecule has 0 aliphatic carbocycles. The second-order valence-electron chi connectivity index (χ2n) is 7.22. The Morgan fingerprint density at radius 2 is 1.44 bits per heavy atom. The van der Waals surface area contributed by atoms with Crippen molar-refractivity contribution in [2.24, 2.45) is 16.7 Å². The van der Waals surface area contributed by atoms with Crippen molar-refractivity contribution < 1.29 is 0 Å². The average molecular weight is 248 g/mol. The van der Waals surface area contributed by atoms with Crippen molar-refractivity contribution in [3.05, 3.63) is 23.5 Å². The molecule has 0 fully saturated rings. The Bertz CT molecular complexity index is 341. The maximum atomic E-state index is 3.62. The fraction of sp³-hybridized carbons (Fsp3) is 0.750. The highest BCUT2D eigenvalue weighted by Crippen LogP contribution is 2.35. The molecule has 0 saturated heterocycles. The van der Waals surface area contributed by atoms with Crippen LogP contribution in [0.4, 0.5) is 0 Å². The van der Waals surface area contributed by atoms with E-state index in [2.05, 4.69) is 57.4 Å². The minimum Gasteiger partial charge on any atom is -0.387 e. The van der Waals surface area contributed by atoms with Gasteiger partial charge in [-0.15, -0.1) is 0 Å². The molecule has 2 N–H and O–H groups in total. The third-order valence-corrected chi connectivity index (χ3v) is 3.92. The average Bonchev–Trinajstić information content (AvgIpc) is 2.78. The lowest BCUT2D eigenvalue weighted by Crippen LogP contribution is -2.25. The standard InChI is InChI=1S/C16H28N2/c1-6-7-12(13-8-15(2,3)10-17-13)14-9-16(4,5)11-18-14/h8-9,12,17-18H,6-7,10-11H2,1-5H3. The van der Waals surface area contributed by atoms with Crippen LogP contribution in [0.25, 0.3) is 0 Å². The molecular weight excluding hydrogens is 220 g/mol. The van der Waals surface area contributed by atoms with E-state index in [1.165, 1.54) is 24.2 Å². The number of hydrogen-bond donors (Lipinski definition) is 2. The largest absolute Gasteiger partial charge is 0.387 e. The van der Waals surface area contributed by atoms with Gasteiger partial charge in [-0.3, -0.25) is 0 Å². The first-order valence-electron chi connectivity index (χ1n) is 7.26. The molecule has 0 radical (unpaired) electrons. The second-order valence-corrected chi connectivity index (χ2v) is 7.22. The van der Waals surface area contributed by atoms with Gasteiger partial charge in [-0.25, -0.2) is 0 Å². The lowest BCUT2D eigenvalue weighted by molar-refractivity contribution is 0.484. The van der Waals surface area contributed by atoms with E-state index in [9.17, 15) is 0 Å². The van der Waals surface area contributed by atoms with Crippen LogP contribution in [-0.4, -0.2) is 13.1 Å². The van der Waals surface area contributed by atoms with E-state index in [0.29, 0.717) is 16.7 Å². The Hall–Kier alpha value is -0.920. The molecule has 0 saturated carbocycles. The Morgan fingerprint density at radius 1 is 1.00 bits per heavy atom. The summed E-state index contributed by atoms with van der Waals surface area (Å²) in [5, 5.41) is 7.23. The van der Waals surface area contributed by atoms with Crippen LogP contribution in [0.1, 0.15) is 47.5 Å². The fourth-order valence-electron chi connectivity index (χ4n) is 2.92. The van der Waals surface area contributed by atoms with Crippen molar-refractivity contribution in [2.45, 2.75) is 47.5 Å². The Kier molecular flexibility index (Phi) is 3.48. The van der Waals surface area contributed by atoms with E-state index in [-0.39, 0.29) is 0 Å². The molecule has 2 heterocycles. The zero-order valence-electron chi connectivity index (χ0n) is 12.6. The molecule has 102 valence electrons. The molecule has 2 nitrogen and oxygen atoms in total. The van der Waals surface area contributed by atoms with Gasteiger partial charge in [-0.05, 0) is 6.42 Å². The van der Waals surface area contributed by atoms with Crippen molar-refractivity contribution in [3.8, 4) is 0 Å². The van der Waals surface area contributed by atoms with Crippen molar-refractivity contribution in [3.63, 3.8) is 0 Å². The zero-order chi connectivity index (χ0) is 13.4. The van der Waals surface area contributed by atoms with Crippen molar-refractivity contribution in [1.82, 2.24) is 10.6 Å². The van der Waals surface area contributed by atoms with Gasteiger partial charge in [-0.1, -0.05) is 53.2 Å². The van der Waals surface area contributed by atoms with Gasteiger partial charge in [0, 0.05) is 41.2 Å². The minimum absolute atomic E-state index is 0.302. The maximum Gasteiger partial charge on any atom is 0.0379 e. The van der Waals surface area contributed by atoms with Crippen molar-refractivity contribution in [2.75, 3.05) is 13.1 Å². The Balaban J connectivity index is 2.20. The highest BCUT2D eigenvalue weighted by molar-refractivity contribution is 5.28. The number of hydrogen-bond acceptors (Lipinski definition) is 2. The molecule has 2 heteroatoms.